The summed E-state index contributed by atoms with van der Waals surface area (Å²) >= 11 is 3.28. The number of hydrogen-bond donors (Lipinski definition) is 1. The summed E-state index contributed by atoms with van der Waals surface area (Å²) in [5, 5.41) is 0. The Morgan fingerprint density at radius 3 is 3.00 bits per heavy atom. The Kier molecular flexibility index (Phi) is 2.09. The Hall–Kier alpha value is -1.69. The molecule has 4 nitrogen and oxygen atoms in total. The molecular weight excluding hydrogens is 289 g/mol. The van der Waals surface area contributed by atoms with E-state index in [1.54, 1.807) is 19.2 Å². The first-order valence-corrected chi connectivity index (χ1v) is 5.72. The zero-order valence-corrected chi connectivity index (χ0v) is 10.4. The minimum Gasteiger partial charge on any atom is -0.317 e. The van der Waals surface area contributed by atoms with E-state index in [0.29, 0.717) is 16.9 Å². The smallest absolute Gasteiger partial charge is 0.275 e. The highest BCUT2D eigenvalue weighted by Crippen LogP contribution is 2.19. The standard InChI is InChI=1S/C11H7BrFN3O/c1-5-2-7(13)9-11(17)15-8-3-6(12)4-14-10(8)16(5)9/h2-4H,1H3,(H,15,17). The largest absolute Gasteiger partial charge is 0.317 e. The molecule has 0 aliphatic carbocycles. The van der Waals surface area contributed by atoms with E-state index < -0.39 is 11.4 Å². The molecule has 0 aliphatic heterocycles. The molecule has 3 rings (SSSR count). The predicted molar refractivity (Wildman–Crippen MR) is 65.7 cm³/mol. The third-order valence-corrected chi connectivity index (χ3v) is 3.08. The summed E-state index contributed by atoms with van der Waals surface area (Å²) in [6.45, 7) is 1.73. The summed E-state index contributed by atoms with van der Waals surface area (Å²) < 4.78 is 15.9. The van der Waals surface area contributed by atoms with Crippen LogP contribution in [0.15, 0.2) is 27.6 Å². The quantitative estimate of drug-likeness (QED) is 0.692. The Bertz CT molecular complexity index is 806. The Balaban J connectivity index is 2.68. The topological polar surface area (TPSA) is 50.2 Å². The van der Waals surface area contributed by atoms with Crippen LogP contribution in [0.2, 0.25) is 0 Å². The highest BCUT2D eigenvalue weighted by Gasteiger charge is 2.13. The minimum atomic E-state index is -0.532. The molecule has 0 fully saturated rings. The van der Waals surface area contributed by atoms with Crippen LogP contribution in [-0.4, -0.2) is 14.4 Å². The third-order valence-electron chi connectivity index (χ3n) is 2.65. The van der Waals surface area contributed by atoms with Crippen molar-refractivity contribution in [3.63, 3.8) is 0 Å². The fourth-order valence-electron chi connectivity index (χ4n) is 1.97. The maximum Gasteiger partial charge on any atom is 0.275 e. The molecule has 0 amide bonds. The molecule has 0 aromatic carbocycles. The number of H-pyrrole nitrogens is 1. The molecule has 0 radical (unpaired) electrons. The average Bonchev–Trinajstić information content (AvgIpc) is 2.55. The van der Waals surface area contributed by atoms with Gasteiger partial charge in [-0.3, -0.25) is 9.20 Å². The molecule has 0 bridgehead atoms. The van der Waals surface area contributed by atoms with Crippen molar-refractivity contribution in [1.29, 1.82) is 0 Å². The van der Waals surface area contributed by atoms with Crippen molar-refractivity contribution in [2.75, 3.05) is 0 Å². The van der Waals surface area contributed by atoms with Gasteiger partial charge in [0.15, 0.2) is 11.5 Å². The maximum absolute atomic E-state index is 13.6. The molecule has 3 aromatic rings. The number of rotatable bonds is 0. The van der Waals surface area contributed by atoms with E-state index in [1.807, 2.05) is 0 Å². The molecule has 0 spiro atoms. The van der Waals surface area contributed by atoms with Gasteiger partial charge in [0.2, 0.25) is 0 Å². The number of aromatic amines is 1. The van der Waals surface area contributed by atoms with Gasteiger partial charge in [-0.15, -0.1) is 0 Å². The molecule has 0 unspecified atom stereocenters. The van der Waals surface area contributed by atoms with Crippen molar-refractivity contribution in [3.05, 3.63) is 44.7 Å². The van der Waals surface area contributed by atoms with E-state index in [-0.39, 0.29) is 5.52 Å². The van der Waals surface area contributed by atoms with Gasteiger partial charge >= 0.3 is 0 Å². The first-order valence-electron chi connectivity index (χ1n) is 4.93. The van der Waals surface area contributed by atoms with Gasteiger partial charge in [-0.1, -0.05) is 0 Å². The summed E-state index contributed by atoms with van der Waals surface area (Å²) in [6.07, 6.45) is 1.61. The highest BCUT2D eigenvalue weighted by molar-refractivity contribution is 9.10. The summed E-state index contributed by atoms with van der Waals surface area (Å²) in [6, 6.07) is 3.06. The van der Waals surface area contributed by atoms with Crippen LogP contribution in [0.3, 0.4) is 0 Å². The summed E-state index contributed by atoms with van der Waals surface area (Å²) in [5.74, 6) is -0.532. The fourth-order valence-corrected chi connectivity index (χ4v) is 2.30. The summed E-state index contributed by atoms with van der Waals surface area (Å²) in [7, 11) is 0. The second-order valence-corrected chi connectivity index (χ2v) is 4.71. The van der Waals surface area contributed by atoms with E-state index in [0.717, 1.165) is 4.47 Å². The van der Waals surface area contributed by atoms with Crippen molar-refractivity contribution < 1.29 is 4.39 Å². The highest BCUT2D eigenvalue weighted by atomic mass is 79.9. The molecule has 86 valence electrons. The van der Waals surface area contributed by atoms with Crippen LogP contribution in [-0.2, 0) is 0 Å². The lowest BCUT2D eigenvalue weighted by Crippen LogP contribution is -2.12. The lowest BCUT2D eigenvalue weighted by molar-refractivity contribution is 0.639. The van der Waals surface area contributed by atoms with Crippen LogP contribution in [0, 0.1) is 12.7 Å². The zero-order valence-electron chi connectivity index (χ0n) is 8.79. The van der Waals surface area contributed by atoms with Gasteiger partial charge in [-0.25, -0.2) is 9.37 Å². The number of aromatic nitrogens is 3. The fraction of sp³-hybridized carbons (Fsp3) is 0.0909. The number of aryl methyl sites for hydroxylation is 1. The van der Waals surface area contributed by atoms with Crippen LogP contribution in [0.4, 0.5) is 4.39 Å². The second-order valence-electron chi connectivity index (χ2n) is 3.80. The number of pyridine rings is 1. The second kappa shape index (κ2) is 3.40. The Labute approximate surface area is 103 Å². The summed E-state index contributed by atoms with van der Waals surface area (Å²) in [5.41, 5.74) is 1.29. The van der Waals surface area contributed by atoms with Crippen molar-refractivity contribution in [2.45, 2.75) is 6.92 Å². The van der Waals surface area contributed by atoms with Crippen molar-refractivity contribution in [2.24, 2.45) is 0 Å². The molecule has 0 saturated carbocycles. The van der Waals surface area contributed by atoms with E-state index in [2.05, 4.69) is 25.9 Å². The van der Waals surface area contributed by atoms with Gasteiger partial charge in [0.25, 0.3) is 5.56 Å². The number of fused-ring (bicyclic) bond motifs is 3. The average molecular weight is 296 g/mol. The number of nitrogens with one attached hydrogen (secondary N) is 1. The van der Waals surface area contributed by atoms with Crippen molar-refractivity contribution in [3.8, 4) is 0 Å². The summed E-state index contributed by atoms with van der Waals surface area (Å²) in [4.78, 5) is 18.6. The maximum atomic E-state index is 13.6. The minimum absolute atomic E-state index is 0.00447. The number of hydrogen-bond acceptors (Lipinski definition) is 2. The third kappa shape index (κ3) is 1.40. The molecule has 0 aliphatic rings. The first kappa shape index (κ1) is 10.5. The lowest BCUT2D eigenvalue weighted by atomic mass is 10.4. The molecule has 6 heteroatoms. The molecule has 0 atom stereocenters. The van der Waals surface area contributed by atoms with Crippen LogP contribution >= 0.6 is 15.9 Å². The molecular formula is C11H7BrFN3O. The number of halogens is 2. The van der Waals surface area contributed by atoms with Gasteiger partial charge < -0.3 is 4.98 Å². The van der Waals surface area contributed by atoms with Gasteiger partial charge in [-0.05, 0) is 35.0 Å². The van der Waals surface area contributed by atoms with Gasteiger partial charge in [0.1, 0.15) is 5.52 Å². The van der Waals surface area contributed by atoms with E-state index >= 15 is 0 Å². The van der Waals surface area contributed by atoms with Crippen LogP contribution < -0.4 is 5.56 Å². The molecule has 3 heterocycles. The molecule has 17 heavy (non-hydrogen) atoms. The van der Waals surface area contributed by atoms with Crippen molar-refractivity contribution >= 4 is 32.6 Å². The normalized spacial score (nSPS) is 11.5. The van der Waals surface area contributed by atoms with E-state index in [1.165, 1.54) is 10.5 Å². The lowest BCUT2D eigenvalue weighted by Gasteiger charge is -2.03. The first-order chi connectivity index (χ1) is 8.08. The van der Waals surface area contributed by atoms with Gasteiger partial charge in [0.05, 0.1) is 5.52 Å². The monoisotopic (exact) mass is 295 g/mol. The Morgan fingerprint density at radius 1 is 1.47 bits per heavy atom. The SMILES string of the molecule is Cc1cc(F)c2c(=O)[nH]c3cc(Br)cnc3n12. The van der Waals surface area contributed by atoms with Gasteiger partial charge in [-0.2, -0.15) is 0 Å². The Morgan fingerprint density at radius 2 is 2.24 bits per heavy atom. The predicted octanol–water partition coefficient (Wildman–Crippen LogP) is 2.39. The van der Waals surface area contributed by atoms with Crippen molar-refractivity contribution in [1.82, 2.24) is 14.4 Å². The molecule has 0 saturated heterocycles. The van der Waals surface area contributed by atoms with Crippen LogP contribution in [0.1, 0.15) is 5.69 Å². The van der Waals surface area contributed by atoms with Crippen LogP contribution in [0.5, 0.6) is 0 Å². The van der Waals surface area contributed by atoms with E-state index in [9.17, 15) is 9.18 Å². The molecule has 1 N–H and O–H groups in total. The number of nitrogens with zero attached hydrogens (tertiary/aromatic N) is 2. The van der Waals surface area contributed by atoms with Gasteiger partial charge in [0, 0.05) is 16.4 Å². The van der Waals surface area contributed by atoms with Crippen LogP contribution in [0.25, 0.3) is 16.7 Å². The van der Waals surface area contributed by atoms with E-state index in [4.69, 9.17) is 0 Å². The molecule has 3 aromatic heterocycles. The zero-order chi connectivity index (χ0) is 12.2.